The van der Waals surface area contributed by atoms with Crippen LogP contribution in [0.2, 0.25) is 0 Å². The molecular formula is C21H22FN3O2. The van der Waals surface area contributed by atoms with Crippen LogP contribution < -0.4 is 10.6 Å². The maximum Gasteiger partial charge on any atom is 0.237 e. The number of benzene rings is 2. The second-order valence-electron chi connectivity index (χ2n) is 6.93. The maximum absolute atomic E-state index is 14.4. The van der Waals surface area contributed by atoms with Crippen LogP contribution in [0.5, 0.6) is 0 Å². The van der Waals surface area contributed by atoms with Crippen LogP contribution in [0.3, 0.4) is 0 Å². The second-order valence-corrected chi connectivity index (χ2v) is 6.93. The summed E-state index contributed by atoms with van der Waals surface area (Å²) < 4.78 is 19.7. The highest BCUT2D eigenvalue weighted by molar-refractivity contribution is 6.12. The Hall–Kier alpha value is -2.73. The molecule has 0 saturated carbocycles. The van der Waals surface area contributed by atoms with E-state index in [0.717, 1.165) is 43.9 Å². The molecule has 2 aliphatic heterocycles. The van der Waals surface area contributed by atoms with Crippen LogP contribution in [0.4, 0.5) is 21.5 Å². The third kappa shape index (κ3) is 4.01. The molecule has 4 rings (SSSR count). The summed E-state index contributed by atoms with van der Waals surface area (Å²) in [7, 11) is 0. The number of rotatable bonds is 5. The monoisotopic (exact) mass is 367 g/mol. The summed E-state index contributed by atoms with van der Waals surface area (Å²) in [5, 5.41) is 6.01. The average molecular weight is 367 g/mol. The summed E-state index contributed by atoms with van der Waals surface area (Å²) in [4.78, 5) is 16.4. The number of para-hydroxylation sites is 1. The van der Waals surface area contributed by atoms with Crippen molar-refractivity contribution in [1.82, 2.24) is 0 Å². The number of anilines is 2. The van der Waals surface area contributed by atoms with Crippen LogP contribution in [0.25, 0.3) is 0 Å². The van der Waals surface area contributed by atoms with Gasteiger partial charge in [0.1, 0.15) is 11.7 Å². The van der Waals surface area contributed by atoms with Crippen LogP contribution in [-0.2, 0) is 9.53 Å². The van der Waals surface area contributed by atoms with Crippen LogP contribution >= 0.6 is 0 Å². The summed E-state index contributed by atoms with van der Waals surface area (Å²) in [6, 6.07) is 12.4. The van der Waals surface area contributed by atoms with Gasteiger partial charge in [-0.2, -0.15) is 0 Å². The average Bonchev–Trinajstić information content (AvgIpc) is 3.01. The maximum atomic E-state index is 14.4. The summed E-state index contributed by atoms with van der Waals surface area (Å²) in [5.41, 5.74) is 2.66. The Labute approximate surface area is 157 Å². The van der Waals surface area contributed by atoms with Crippen LogP contribution in [-0.4, -0.2) is 31.9 Å². The fraction of sp³-hybridized carbons (Fsp3) is 0.333. The van der Waals surface area contributed by atoms with E-state index in [1.807, 2.05) is 24.3 Å². The van der Waals surface area contributed by atoms with E-state index in [-0.39, 0.29) is 11.7 Å². The van der Waals surface area contributed by atoms with Gasteiger partial charge in [0, 0.05) is 37.7 Å². The molecule has 1 amide bonds. The van der Waals surface area contributed by atoms with Gasteiger partial charge in [-0.15, -0.1) is 0 Å². The van der Waals surface area contributed by atoms with Gasteiger partial charge in [-0.1, -0.05) is 18.2 Å². The zero-order valence-electron chi connectivity index (χ0n) is 15.0. The van der Waals surface area contributed by atoms with E-state index in [9.17, 15) is 9.18 Å². The number of aliphatic imine (C=N–C) groups is 1. The number of halogens is 1. The van der Waals surface area contributed by atoms with E-state index in [1.54, 1.807) is 18.3 Å². The molecule has 0 spiro atoms. The van der Waals surface area contributed by atoms with Crippen molar-refractivity contribution in [1.29, 1.82) is 0 Å². The number of hydrogen-bond acceptors (Lipinski definition) is 4. The predicted molar refractivity (Wildman–Crippen MR) is 104 cm³/mol. The Morgan fingerprint density at radius 2 is 2.04 bits per heavy atom. The SMILES string of the molecule is O=C1Nc2ccccc2C1C=Nc1ccc(NCC2CCOCC2)c(F)c1. The van der Waals surface area contributed by atoms with Crippen LogP contribution in [0, 0.1) is 11.7 Å². The molecule has 1 saturated heterocycles. The zero-order chi connectivity index (χ0) is 18.6. The lowest BCUT2D eigenvalue weighted by molar-refractivity contribution is -0.115. The van der Waals surface area contributed by atoms with E-state index >= 15 is 0 Å². The quantitative estimate of drug-likeness (QED) is 0.782. The molecule has 0 radical (unpaired) electrons. The van der Waals surface area contributed by atoms with Crippen molar-refractivity contribution in [2.75, 3.05) is 30.4 Å². The van der Waals surface area contributed by atoms with E-state index < -0.39 is 5.92 Å². The molecule has 6 heteroatoms. The fourth-order valence-electron chi connectivity index (χ4n) is 3.47. The molecule has 0 aliphatic carbocycles. The fourth-order valence-corrected chi connectivity index (χ4v) is 3.47. The summed E-state index contributed by atoms with van der Waals surface area (Å²) in [6.07, 6.45) is 3.58. The van der Waals surface area contributed by atoms with Crippen LogP contribution in [0.15, 0.2) is 47.5 Å². The van der Waals surface area contributed by atoms with Gasteiger partial charge in [0.05, 0.1) is 11.4 Å². The third-order valence-electron chi connectivity index (χ3n) is 5.08. The molecule has 2 aromatic rings. The molecule has 0 bridgehead atoms. The van der Waals surface area contributed by atoms with Gasteiger partial charge in [0.15, 0.2) is 0 Å². The molecule has 0 aromatic heterocycles. The van der Waals surface area contributed by atoms with Gasteiger partial charge >= 0.3 is 0 Å². The normalized spacial score (nSPS) is 19.9. The topological polar surface area (TPSA) is 62.7 Å². The van der Waals surface area contributed by atoms with E-state index in [0.29, 0.717) is 17.3 Å². The number of fused-ring (bicyclic) bond motifs is 1. The lowest BCUT2D eigenvalue weighted by atomic mass is 10.0. The minimum absolute atomic E-state index is 0.116. The molecule has 140 valence electrons. The van der Waals surface area contributed by atoms with E-state index in [2.05, 4.69) is 15.6 Å². The van der Waals surface area contributed by atoms with Crippen LogP contribution in [0.1, 0.15) is 24.3 Å². The Bertz CT molecular complexity index is 862. The van der Waals surface area contributed by atoms with Gasteiger partial charge in [-0.25, -0.2) is 4.39 Å². The highest BCUT2D eigenvalue weighted by atomic mass is 19.1. The summed E-state index contributed by atoms with van der Waals surface area (Å²) in [5.74, 6) is -0.393. The first-order chi connectivity index (χ1) is 13.2. The number of nitrogens with zero attached hydrogens (tertiary/aromatic N) is 1. The molecular weight excluding hydrogens is 345 g/mol. The van der Waals surface area contributed by atoms with Gasteiger partial charge in [0.25, 0.3) is 0 Å². The number of amides is 1. The first kappa shape index (κ1) is 17.7. The van der Waals surface area contributed by atoms with Crippen molar-refractivity contribution in [3.63, 3.8) is 0 Å². The molecule has 2 aromatic carbocycles. The second kappa shape index (κ2) is 7.88. The molecule has 5 nitrogen and oxygen atoms in total. The first-order valence-corrected chi connectivity index (χ1v) is 9.26. The Morgan fingerprint density at radius 3 is 2.85 bits per heavy atom. The summed E-state index contributed by atoms with van der Waals surface area (Å²) in [6.45, 7) is 2.29. The van der Waals surface area contributed by atoms with Crippen molar-refractivity contribution in [2.45, 2.75) is 18.8 Å². The lowest BCUT2D eigenvalue weighted by Gasteiger charge is -2.22. The van der Waals surface area contributed by atoms with Crippen molar-refractivity contribution >= 4 is 29.2 Å². The third-order valence-corrected chi connectivity index (χ3v) is 5.08. The molecule has 2 N–H and O–H groups in total. The van der Waals surface area contributed by atoms with Crippen molar-refractivity contribution < 1.29 is 13.9 Å². The molecule has 1 unspecified atom stereocenters. The standard InChI is InChI=1S/C21H22FN3O2/c22-18-11-15(5-6-20(18)24-12-14-7-9-27-10-8-14)23-13-17-16-3-1-2-4-19(16)25-21(17)26/h1-6,11,13-14,17,24H,7-10,12H2,(H,25,26). The molecule has 2 aliphatic rings. The van der Waals surface area contributed by atoms with Crippen molar-refractivity contribution in [3.05, 3.63) is 53.8 Å². The Balaban J connectivity index is 1.42. The highest BCUT2D eigenvalue weighted by Gasteiger charge is 2.28. The Morgan fingerprint density at radius 1 is 1.22 bits per heavy atom. The zero-order valence-corrected chi connectivity index (χ0v) is 15.0. The van der Waals surface area contributed by atoms with Gasteiger partial charge in [-0.3, -0.25) is 9.79 Å². The number of ether oxygens (including phenoxy) is 1. The molecule has 27 heavy (non-hydrogen) atoms. The summed E-state index contributed by atoms with van der Waals surface area (Å²) >= 11 is 0. The van der Waals surface area contributed by atoms with Crippen molar-refractivity contribution in [3.8, 4) is 0 Å². The number of carbonyl (C=O) groups is 1. The molecule has 1 atom stereocenters. The predicted octanol–water partition coefficient (Wildman–Crippen LogP) is 4.10. The van der Waals surface area contributed by atoms with Crippen molar-refractivity contribution in [2.24, 2.45) is 10.9 Å². The van der Waals surface area contributed by atoms with Gasteiger partial charge in [-0.05, 0) is 42.5 Å². The van der Waals surface area contributed by atoms with E-state index in [1.165, 1.54) is 6.07 Å². The largest absolute Gasteiger partial charge is 0.382 e. The Kier molecular flexibility index (Phi) is 5.16. The molecule has 1 fully saturated rings. The minimum Gasteiger partial charge on any atom is -0.382 e. The van der Waals surface area contributed by atoms with Gasteiger partial charge in [0.2, 0.25) is 5.91 Å². The van der Waals surface area contributed by atoms with E-state index in [4.69, 9.17) is 4.74 Å². The lowest BCUT2D eigenvalue weighted by Crippen LogP contribution is -2.22. The smallest absolute Gasteiger partial charge is 0.237 e. The number of nitrogens with one attached hydrogen (secondary N) is 2. The molecule has 2 heterocycles. The minimum atomic E-state index is -0.449. The first-order valence-electron chi connectivity index (χ1n) is 9.26. The number of hydrogen-bond donors (Lipinski definition) is 2. The highest BCUT2D eigenvalue weighted by Crippen LogP contribution is 2.31. The van der Waals surface area contributed by atoms with Gasteiger partial charge < -0.3 is 15.4 Å². The number of carbonyl (C=O) groups excluding carboxylic acids is 1.